The highest BCUT2D eigenvalue weighted by Crippen LogP contribution is 2.19. The first-order valence-electron chi connectivity index (χ1n) is 6.48. The van der Waals surface area contributed by atoms with Gasteiger partial charge in [0.25, 0.3) is 5.56 Å². The van der Waals surface area contributed by atoms with Gasteiger partial charge in [-0.15, -0.1) is 0 Å². The first kappa shape index (κ1) is 14.2. The molecule has 0 saturated heterocycles. The van der Waals surface area contributed by atoms with Crippen molar-refractivity contribution in [1.82, 2.24) is 19.5 Å². The van der Waals surface area contributed by atoms with E-state index in [1.54, 1.807) is 30.3 Å². The van der Waals surface area contributed by atoms with Crippen LogP contribution in [0.3, 0.4) is 0 Å². The molecule has 8 heteroatoms. The molecule has 2 aromatic heterocycles. The molecule has 0 radical (unpaired) electrons. The summed E-state index contributed by atoms with van der Waals surface area (Å²) in [7, 11) is 0. The molecule has 0 amide bonds. The Morgan fingerprint density at radius 3 is 2.61 bits per heavy atom. The minimum atomic E-state index is -0.712. The monoisotopic (exact) mass is 307 g/mol. The summed E-state index contributed by atoms with van der Waals surface area (Å²) in [6, 6.07) is 8.23. The van der Waals surface area contributed by atoms with E-state index in [0.29, 0.717) is 17.3 Å². The molecule has 1 N–H and O–H groups in total. The third-order valence-electron chi connectivity index (χ3n) is 2.94. The van der Waals surface area contributed by atoms with Crippen LogP contribution >= 0.6 is 0 Å². The zero-order valence-electron chi connectivity index (χ0n) is 11.6. The number of hydrogen-bond donors (Lipinski definition) is 1. The summed E-state index contributed by atoms with van der Waals surface area (Å²) < 4.78 is 6.66. The number of hydrogen-bond acceptors (Lipinski definition) is 6. The number of ether oxygens (including phenoxy) is 1. The molecule has 0 atom stereocenters. The van der Waals surface area contributed by atoms with Crippen LogP contribution in [0.1, 0.15) is 5.56 Å². The van der Waals surface area contributed by atoms with Gasteiger partial charge in [0.05, 0.1) is 11.9 Å². The normalized spacial score (nSPS) is 10.0. The Hall–Kier alpha value is -3.73. The molecule has 0 aliphatic rings. The maximum absolute atomic E-state index is 11.8. The number of nitriles is 1. The average Bonchev–Trinajstić information content (AvgIpc) is 2.57. The zero-order valence-corrected chi connectivity index (χ0v) is 11.6. The van der Waals surface area contributed by atoms with Crippen molar-refractivity contribution in [3.63, 3.8) is 0 Å². The van der Waals surface area contributed by atoms with Gasteiger partial charge in [-0.2, -0.15) is 5.26 Å². The minimum Gasteiger partial charge on any atom is -0.438 e. The highest BCUT2D eigenvalue weighted by molar-refractivity contribution is 5.39. The van der Waals surface area contributed by atoms with Crippen molar-refractivity contribution < 1.29 is 4.74 Å². The second kappa shape index (κ2) is 5.95. The SMILES string of the molecule is N#Cc1cn(-c2ccc(Oc3cnccn3)cc2)c(=O)[nH]c1=O. The topological polar surface area (TPSA) is 114 Å². The molecule has 112 valence electrons. The Morgan fingerprint density at radius 2 is 1.96 bits per heavy atom. The molecule has 0 unspecified atom stereocenters. The largest absolute Gasteiger partial charge is 0.438 e. The van der Waals surface area contributed by atoms with Crippen molar-refractivity contribution in [3.05, 3.63) is 75.5 Å². The van der Waals surface area contributed by atoms with Gasteiger partial charge in [-0.3, -0.25) is 19.3 Å². The van der Waals surface area contributed by atoms with E-state index in [1.165, 1.54) is 29.4 Å². The van der Waals surface area contributed by atoms with Crippen molar-refractivity contribution in [3.8, 4) is 23.4 Å². The minimum absolute atomic E-state index is 0.149. The maximum Gasteiger partial charge on any atom is 0.332 e. The van der Waals surface area contributed by atoms with Gasteiger partial charge in [0.1, 0.15) is 17.4 Å². The summed E-state index contributed by atoms with van der Waals surface area (Å²) >= 11 is 0. The Balaban J connectivity index is 1.93. The van der Waals surface area contributed by atoms with Crippen LogP contribution in [0.5, 0.6) is 11.6 Å². The number of H-pyrrole nitrogens is 1. The molecule has 0 spiro atoms. The van der Waals surface area contributed by atoms with Crippen LogP contribution in [0.15, 0.2) is 58.6 Å². The van der Waals surface area contributed by atoms with Crippen LogP contribution in [0.2, 0.25) is 0 Å². The van der Waals surface area contributed by atoms with E-state index in [0.717, 1.165) is 0 Å². The molecule has 2 heterocycles. The Morgan fingerprint density at radius 1 is 1.17 bits per heavy atom. The van der Waals surface area contributed by atoms with Crippen molar-refractivity contribution in [1.29, 1.82) is 5.26 Å². The number of nitrogens with one attached hydrogen (secondary N) is 1. The smallest absolute Gasteiger partial charge is 0.332 e. The van der Waals surface area contributed by atoms with Crippen molar-refractivity contribution >= 4 is 0 Å². The number of aromatic amines is 1. The lowest BCUT2D eigenvalue weighted by molar-refractivity contribution is 0.460. The predicted octanol–water partition coefficient (Wildman–Crippen LogP) is 0.980. The number of nitrogens with zero attached hydrogens (tertiary/aromatic N) is 4. The quantitative estimate of drug-likeness (QED) is 0.771. The van der Waals surface area contributed by atoms with Gasteiger partial charge in [-0.1, -0.05) is 0 Å². The first-order chi connectivity index (χ1) is 11.2. The van der Waals surface area contributed by atoms with E-state index in [4.69, 9.17) is 10.00 Å². The Labute approximate surface area is 129 Å². The van der Waals surface area contributed by atoms with Crippen LogP contribution in [0.25, 0.3) is 5.69 Å². The molecule has 0 saturated carbocycles. The molecule has 3 aromatic rings. The van der Waals surface area contributed by atoms with E-state index in [-0.39, 0.29) is 5.56 Å². The lowest BCUT2D eigenvalue weighted by Gasteiger charge is -2.07. The molecule has 8 nitrogen and oxygen atoms in total. The molecule has 1 aromatic carbocycles. The van der Waals surface area contributed by atoms with Crippen LogP contribution in [-0.2, 0) is 0 Å². The lowest BCUT2D eigenvalue weighted by Crippen LogP contribution is -2.29. The standard InChI is InChI=1S/C15H9N5O3/c16-7-10-9-20(15(22)19-14(10)21)11-1-3-12(4-2-11)23-13-8-17-5-6-18-13/h1-6,8-9H,(H,19,21,22). The molecule has 0 aliphatic heterocycles. The van der Waals surface area contributed by atoms with Crippen LogP contribution < -0.4 is 16.0 Å². The van der Waals surface area contributed by atoms with Crippen LogP contribution in [0.4, 0.5) is 0 Å². The number of rotatable bonds is 3. The highest BCUT2D eigenvalue weighted by Gasteiger charge is 2.06. The maximum atomic E-state index is 11.8. The third-order valence-corrected chi connectivity index (χ3v) is 2.94. The van der Waals surface area contributed by atoms with E-state index in [2.05, 4.69) is 15.0 Å². The van der Waals surface area contributed by atoms with E-state index < -0.39 is 11.2 Å². The summed E-state index contributed by atoms with van der Waals surface area (Å²) in [6.45, 7) is 0. The van der Waals surface area contributed by atoms with E-state index in [9.17, 15) is 9.59 Å². The zero-order chi connectivity index (χ0) is 16.2. The fraction of sp³-hybridized carbons (Fsp3) is 0. The molecule has 3 rings (SSSR count). The number of aromatic nitrogens is 4. The predicted molar refractivity (Wildman–Crippen MR) is 79.5 cm³/mol. The molecular formula is C15H9N5O3. The van der Waals surface area contributed by atoms with Crippen LogP contribution in [-0.4, -0.2) is 19.5 Å². The summed E-state index contributed by atoms with van der Waals surface area (Å²) in [5.41, 5.74) is -1.01. The van der Waals surface area contributed by atoms with Crippen LogP contribution in [0, 0.1) is 11.3 Å². The van der Waals surface area contributed by atoms with Gasteiger partial charge in [0.15, 0.2) is 0 Å². The van der Waals surface area contributed by atoms with E-state index in [1.807, 2.05) is 0 Å². The molecule has 23 heavy (non-hydrogen) atoms. The van der Waals surface area contributed by atoms with Crippen molar-refractivity contribution in [2.45, 2.75) is 0 Å². The fourth-order valence-corrected chi connectivity index (χ4v) is 1.88. The lowest BCUT2D eigenvalue weighted by atomic mass is 10.3. The van der Waals surface area contributed by atoms with Crippen molar-refractivity contribution in [2.75, 3.05) is 0 Å². The van der Waals surface area contributed by atoms with Gasteiger partial charge in [0, 0.05) is 18.6 Å². The highest BCUT2D eigenvalue weighted by atomic mass is 16.5. The summed E-state index contributed by atoms with van der Waals surface area (Å²) in [4.78, 5) is 33.2. The molecule has 0 aliphatic carbocycles. The van der Waals surface area contributed by atoms with Gasteiger partial charge in [0.2, 0.25) is 5.88 Å². The average molecular weight is 307 g/mol. The van der Waals surface area contributed by atoms with Crippen molar-refractivity contribution in [2.24, 2.45) is 0 Å². The van der Waals surface area contributed by atoms with Gasteiger partial charge >= 0.3 is 5.69 Å². The summed E-state index contributed by atoms with van der Waals surface area (Å²) in [5.74, 6) is 0.848. The van der Waals surface area contributed by atoms with Gasteiger partial charge in [-0.05, 0) is 24.3 Å². The van der Waals surface area contributed by atoms with Gasteiger partial charge < -0.3 is 4.74 Å². The third kappa shape index (κ3) is 2.98. The number of benzene rings is 1. The summed E-state index contributed by atoms with van der Waals surface area (Å²) in [5, 5.41) is 8.87. The Bertz CT molecular complexity index is 985. The second-order valence-electron chi connectivity index (χ2n) is 4.42. The molecular weight excluding hydrogens is 298 g/mol. The molecule has 0 fully saturated rings. The first-order valence-corrected chi connectivity index (χ1v) is 6.48. The second-order valence-corrected chi connectivity index (χ2v) is 4.42. The Kier molecular flexibility index (Phi) is 3.68. The molecule has 0 bridgehead atoms. The van der Waals surface area contributed by atoms with E-state index >= 15 is 0 Å². The van der Waals surface area contributed by atoms with Gasteiger partial charge in [-0.25, -0.2) is 9.78 Å². The summed E-state index contributed by atoms with van der Waals surface area (Å²) in [6.07, 6.45) is 5.71. The fourth-order valence-electron chi connectivity index (χ4n) is 1.88.